The fraction of sp³-hybridized carbons (Fsp3) is 0.667. The molecule has 3 aliphatic heterocycles. The Labute approximate surface area is 95.7 Å². The highest BCUT2D eigenvalue weighted by Gasteiger charge is 2.35. The van der Waals surface area contributed by atoms with Gasteiger partial charge in [0.05, 0.1) is 19.0 Å². The average Bonchev–Trinajstić information content (AvgIpc) is 2.40. The molecule has 1 atom stereocenters. The second-order valence-electron chi connectivity index (χ2n) is 4.73. The van der Waals surface area contributed by atoms with Gasteiger partial charge in [0, 0.05) is 18.7 Å². The van der Waals surface area contributed by atoms with Gasteiger partial charge in [-0.1, -0.05) is 0 Å². The lowest BCUT2D eigenvalue weighted by Crippen LogP contribution is -2.46. The molecule has 1 aromatic rings. The Morgan fingerprint density at radius 3 is 2.75 bits per heavy atom. The molecule has 0 amide bonds. The lowest BCUT2D eigenvalue weighted by atomic mass is 9.77. The predicted octanol–water partition coefficient (Wildman–Crippen LogP) is 1.29. The maximum Gasteiger partial charge on any atom is 0.232 e. The van der Waals surface area contributed by atoms with Crippen LogP contribution in [0.2, 0.25) is 0 Å². The van der Waals surface area contributed by atoms with Crippen molar-refractivity contribution in [3.63, 3.8) is 0 Å². The minimum Gasteiger partial charge on any atom is -0.480 e. The van der Waals surface area contributed by atoms with Gasteiger partial charge in [-0.25, -0.2) is 4.98 Å². The van der Waals surface area contributed by atoms with Gasteiger partial charge in [-0.15, -0.1) is 0 Å². The van der Waals surface area contributed by atoms with Gasteiger partial charge < -0.3 is 9.64 Å². The van der Waals surface area contributed by atoms with E-state index in [1.165, 1.54) is 25.9 Å². The van der Waals surface area contributed by atoms with Gasteiger partial charge in [0.2, 0.25) is 5.88 Å². The summed E-state index contributed by atoms with van der Waals surface area (Å²) in [4.78, 5) is 11.3. The van der Waals surface area contributed by atoms with Crippen molar-refractivity contribution in [3.05, 3.63) is 18.1 Å². The van der Waals surface area contributed by atoms with E-state index in [1.807, 2.05) is 6.20 Å². The molecule has 86 valence electrons. The molecule has 0 N–H and O–H groups in total. The minimum absolute atomic E-state index is 0.560. The molecule has 0 aromatic carbocycles. The van der Waals surface area contributed by atoms with Crippen LogP contribution in [0.15, 0.2) is 12.4 Å². The van der Waals surface area contributed by atoms with Crippen LogP contribution in [0.25, 0.3) is 0 Å². The molecule has 3 aliphatic rings. The van der Waals surface area contributed by atoms with Gasteiger partial charge in [0.25, 0.3) is 0 Å². The molecule has 0 radical (unpaired) electrons. The highest BCUT2D eigenvalue weighted by atomic mass is 16.5. The molecule has 3 fully saturated rings. The van der Waals surface area contributed by atoms with E-state index in [1.54, 1.807) is 13.3 Å². The normalized spacial score (nSPS) is 32.7. The molecule has 0 spiro atoms. The molecular weight excluding hydrogens is 202 g/mol. The molecule has 2 bridgehead atoms. The lowest BCUT2D eigenvalue weighted by molar-refractivity contribution is 0.0850. The maximum atomic E-state index is 5.14. The number of rotatable bonds is 2. The summed E-state index contributed by atoms with van der Waals surface area (Å²) >= 11 is 0. The standard InChI is InChI=1S/C12H17N3O/c1-16-12-7-13-6-11(14-12)10-8-15-4-2-9(10)3-5-15/h6-7,9-10H,2-5,8H2,1H3. The Kier molecular flexibility index (Phi) is 2.52. The fourth-order valence-electron chi connectivity index (χ4n) is 2.94. The number of piperidine rings is 3. The highest BCUT2D eigenvalue weighted by Crippen LogP contribution is 2.38. The zero-order chi connectivity index (χ0) is 11.0. The Morgan fingerprint density at radius 2 is 2.12 bits per heavy atom. The van der Waals surface area contributed by atoms with Crippen molar-refractivity contribution < 1.29 is 4.74 Å². The molecule has 0 saturated carbocycles. The van der Waals surface area contributed by atoms with Crippen LogP contribution < -0.4 is 4.74 Å². The minimum atomic E-state index is 0.560. The molecule has 1 unspecified atom stereocenters. The van der Waals surface area contributed by atoms with Crippen molar-refractivity contribution in [1.29, 1.82) is 0 Å². The Bertz CT molecular complexity index is 374. The quantitative estimate of drug-likeness (QED) is 0.751. The second-order valence-corrected chi connectivity index (χ2v) is 4.73. The van der Waals surface area contributed by atoms with Crippen LogP contribution in [0.5, 0.6) is 5.88 Å². The summed E-state index contributed by atoms with van der Waals surface area (Å²) in [5.74, 6) is 1.99. The van der Waals surface area contributed by atoms with Crippen LogP contribution >= 0.6 is 0 Å². The third-order valence-corrected chi connectivity index (χ3v) is 3.88. The first-order chi connectivity index (χ1) is 7.86. The third-order valence-electron chi connectivity index (χ3n) is 3.88. The molecule has 4 rings (SSSR count). The molecule has 16 heavy (non-hydrogen) atoms. The summed E-state index contributed by atoms with van der Waals surface area (Å²) in [6, 6.07) is 0. The van der Waals surface area contributed by atoms with E-state index >= 15 is 0 Å². The molecule has 3 saturated heterocycles. The number of ether oxygens (including phenoxy) is 1. The summed E-state index contributed by atoms with van der Waals surface area (Å²) in [6.07, 6.45) is 6.19. The molecule has 4 heterocycles. The third kappa shape index (κ3) is 1.67. The van der Waals surface area contributed by atoms with Gasteiger partial charge in [0.15, 0.2) is 0 Å². The van der Waals surface area contributed by atoms with Crippen LogP contribution in [0.4, 0.5) is 0 Å². The van der Waals surface area contributed by atoms with E-state index in [0.29, 0.717) is 11.8 Å². The van der Waals surface area contributed by atoms with E-state index in [0.717, 1.165) is 18.2 Å². The SMILES string of the molecule is COc1cncc(C2CN3CCC2CC3)n1. The van der Waals surface area contributed by atoms with Crippen molar-refractivity contribution in [2.45, 2.75) is 18.8 Å². The van der Waals surface area contributed by atoms with Crippen molar-refractivity contribution in [2.24, 2.45) is 5.92 Å². The molecule has 4 heteroatoms. The highest BCUT2D eigenvalue weighted by molar-refractivity contribution is 5.15. The van der Waals surface area contributed by atoms with Crippen molar-refractivity contribution in [3.8, 4) is 5.88 Å². The summed E-state index contributed by atoms with van der Waals surface area (Å²) in [5, 5.41) is 0. The zero-order valence-electron chi connectivity index (χ0n) is 9.59. The van der Waals surface area contributed by atoms with Crippen LogP contribution in [0.1, 0.15) is 24.5 Å². The summed E-state index contributed by atoms with van der Waals surface area (Å²) in [6.45, 7) is 3.67. The maximum absolute atomic E-state index is 5.14. The van der Waals surface area contributed by atoms with Gasteiger partial charge in [0.1, 0.15) is 0 Å². The van der Waals surface area contributed by atoms with E-state index in [9.17, 15) is 0 Å². The van der Waals surface area contributed by atoms with Gasteiger partial charge in [-0.2, -0.15) is 0 Å². The monoisotopic (exact) mass is 219 g/mol. The van der Waals surface area contributed by atoms with E-state index < -0.39 is 0 Å². The first-order valence-electron chi connectivity index (χ1n) is 5.95. The largest absolute Gasteiger partial charge is 0.480 e. The molecule has 0 aliphatic carbocycles. The van der Waals surface area contributed by atoms with Crippen LogP contribution in [-0.4, -0.2) is 41.6 Å². The van der Waals surface area contributed by atoms with E-state index in [2.05, 4.69) is 14.9 Å². The number of aromatic nitrogens is 2. The van der Waals surface area contributed by atoms with E-state index in [4.69, 9.17) is 4.74 Å². The van der Waals surface area contributed by atoms with Gasteiger partial charge in [-0.3, -0.25) is 4.98 Å². The number of fused-ring (bicyclic) bond motifs is 3. The smallest absolute Gasteiger partial charge is 0.232 e. The fourth-order valence-corrected chi connectivity index (χ4v) is 2.94. The Morgan fingerprint density at radius 1 is 1.31 bits per heavy atom. The lowest BCUT2D eigenvalue weighted by Gasteiger charge is -2.44. The van der Waals surface area contributed by atoms with Crippen LogP contribution in [-0.2, 0) is 0 Å². The number of hydrogen-bond donors (Lipinski definition) is 0. The molecular formula is C12H17N3O. The molecule has 4 nitrogen and oxygen atoms in total. The molecule has 1 aromatic heterocycles. The summed E-state index contributed by atoms with van der Waals surface area (Å²) < 4.78 is 5.14. The second kappa shape index (κ2) is 4.01. The van der Waals surface area contributed by atoms with Gasteiger partial charge in [-0.05, 0) is 31.8 Å². The van der Waals surface area contributed by atoms with Crippen LogP contribution in [0.3, 0.4) is 0 Å². The van der Waals surface area contributed by atoms with Crippen molar-refractivity contribution in [2.75, 3.05) is 26.7 Å². The van der Waals surface area contributed by atoms with Crippen molar-refractivity contribution in [1.82, 2.24) is 14.9 Å². The number of nitrogens with zero attached hydrogens (tertiary/aromatic N) is 3. The zero-order valence-corrected chi connectivity index (χ0v) is 9.59. The number of hydrogen-bond acceptors (Lipinski definition) is 4. The first-order valence-corrected chi connectivity index (χ1v) is 5.95. The Balaban J connectivity index is 1.86. The Hall–Kier alpha value is -1.16. The van der Waals surface area contributed by atoms with E-state index in [-0.39, 0.29) is 0 Å². The first kappa shape index (κ1) is 10.0. The van der Waals surface area contributed by atoms with Gasteiger partial charge >= 0.3 is 0 Å². The van der Waals surface area contributed by atoms with Crippen LogP contribution in [0, 0.1) is 5.92 Å². The summed E-state index contributed by atoms with van der Waals surface area (Å²) in [5.41, 5.74) is 1.11. The van der Waals surface area contributed by atoms with Crippen molar-refractivity contribution >= 4 is 0 Å². The topological polar surface area (TPSA) is 38.2 Å². The predicted molar refractivity (Wildman–Crippen MR) is 60.5 cm³/mol. The average molecular weight is 219 g/mol. The number of methoxy groups -OCH3 is 1. The summed E-state index contributed by atoms with van der Waals surface area (Å²) in [7, 11) is 1.64.